The minimum Gasteiger partial charge on any atom is -0.322 e. The van der Waals surface area contributed by atoms with Crippen LogP contribution in [0.5, 0.6) is 0 Å². The Balaban J connectivity index is 2.10. The van der Waals surface area contributed by atoms with Crippen LogP contribution < -0.4 is 0 Å². The third kappa shape index (κ3) is 3.81. The Morgan fingerprint density at radius 3 is 2.69 bits per heavy atom. The van der Waals surface area contributed by atoms with Crippen molar-refractivity contribution in [3.63, 3.8) is 0 Å². The molecule has 0 aliphatic heterocycles. The molecule has 0 atom stereocenters. The summed E-state index contributed by atoms with van der Waals surface area (Å²) in [5.41, 5.74) is 0. The normalized spacial score (nSPS) is 10.6. The molecule has 13 heavy (non-hydrogen) atoms. The summed E-state index contributed by atoms with van der Waals surface area (Å²) >= 11 is 5.83. The highest BCUT2D eigenvalue weighted by molar-refractivity contribution is 6.28. The number of rotatable bonds is 6. The number of nitrogens with zero attached hydrogens (tertiary/aromatic N) is 2. The Kier molecular flexibility index (Phi) is 4.91. The van der Waals surface area contributed by atoms with Gasteiger partial charge >= 0.3 is 0 Å². The first-order valence-electron chi connectivity index (χ1n) is 5.01. The number of hydrogen-bond donors (Lipinski definition) is 0. The highest BCUT2D eigenvalue weighted by Gasteiger charge is 1.97. The highest BCUT2D eigenvalue weighted by atomic mass is 35.5. The predicted octanol–water partition coefficient (Wildman–Crippen LogP) is 3.51. The van der Waals surface area contributed by atoms with Gasteiger partial charge in [0.2, 0.25) is 5.28 Å². The maximum absolute atomic E-state index is 5.83. The average molecular weight is 201 g/mol. The van der Waals surface area contributed by atoms with E-state index in [0.29, 0.717) is 5.28 Å². The SMILES string of the molecule is CCCCCCCn1ccnc1Cl. The van der Waals surface area contributed by atoms with E-state index in [4.69, 9.17) is 11.6 Å². The van der Waals surface area contributed by atoms with Gasteiger partial charge in [0.25, 0.3) is 0 Å². The average Bonchev–Trinajstić information content (AvgIpc) is 2.52. The molecule has 0 N–H and O–H groups in total. The Hall–Kier alpha value is -0.500. The first kappa shape index (κ1) is 10.6. The van der Waals surface area contributed by atoms with Crippen molar-refractivity contribution in [1.82, 2.24) is 9.55 Å². The van der Waals surface area contributed by atoms with E-state index >= 15 is 0 Å². The number of aryl methyl sites for hydroxylation is 1. The standard InChI is InChI=1S/C10H17ClN2/c1-2-3-4-5-6-8-13-9-7-12-10(13)11/h7,9H,2-6,8H2,1H3. The molecule has 0 spiro atoms. The van der Waals surface area contributed by atoms with E-state index in [0.717, 1.165) is 6.54 Å². The predicted molar refractivity (Wildman–Crippen MR) is 56.0 cm³/mol. The van der Waals surface area contributed by atoms with Crippen LogP contribution in [0, 0.1) is 0 Å². The zero-order valence-electron chi connectivity index (χ0n) is 8.17. The Labute approximate surface area is 84.9 Å². The van der Waals surface area contributed by atoms with Crippen LogP contribution in [0.3, 0.4) is 0 Å². The third-order valence-corrected chi connectivity index (χ3v) is 2.48. The van der Waals surface area contributed by atoms with Crippen molar-refractivity contribution in [3.8, 4) is 0 Å². The van der Waals surface area contributed by atoms with Gasteiger partial charge in [-0.1, -0.05) is 32.6 Å². The van der Waals surface area contributed by atoms with Gasteiger partial charge in [-0.15, -0.1) is 0 Å². The van der Waals surface area contributed by atoms with Gasteiger partial charge in [0, 0.05) is 18.9 Å². The molecular weight excluding hydrogens is 184 g/mol. The fraction of sp³-hybridized carbons (Fsp3) is 0.700. The van der Waals surface area contributed by atoms with Gasteiger partial charge in [0.1, 0.15) is 0 Å². The maximum Gasteiger partial charge on any atom is 0.202 e. The lowest BCUT2D eigenvalue weighted by atomic mass is 10.1. The smallest absolute Gasteiger partial charge is 0.202 e. The summed E-state index contributed by atoms with van der Waals surface area (Å²) in [6, 6.07) is 0. The van der Waals surface area contributed by atoms with Gasteiger partial charge in [0.15, 0.2) is 0 Å². The second-order valence-electron chi connectivity index (χ2n) is 3.30. The van der Waals surface area contributed by atoms with Crippen LogP contribution in [0.25, 0.3) is 0 Å². The first-order chi connectivity index (χ1) is 6.34. The molecule has 1 aromatic heterocycles. The molecule has 0 saturated carbocycles. The lowest BCUT2D eigenvalue weighted by molar-refractivity contribution is 0.568. The maximum atomic E-state index is 5.83. The molecule has 0 bridgehead atoms. The molecule has 0 radical (unpaired) electrons. The molecule has 0 fully saturated rings. The largest absolute Gasteiger partial charge is 0.322 e. The van der Waals surface area contributed by atoms with Crippen molar-refractivity contribution in [2.75, 3.05) is 0 Å². The van der Waals surface area contributed by atoms with Gasteiger partial charge < -0.3 is 4.57 Å². The van der Waals surface area contributed by atoms with Crippen LogP contribution in [-0.2, 0) is 6.54 Å². The number of unbranched alkanes of at least 4 members (excludes halogenated alkanes) is 4. The molecule has 1 aromatic rings. The molecule has 0 unspecified atom stereocenters. The molecule has 1 rings (SSSR count). The summed E-state index contributed by atoms with van der Waals surface area (Å²) in [5, 5.41) is 0.607. The zero-order chi connectivity index (χ0) is 9.52. The van der Waals surface area contributed by atoms with Gasteiger partial charge in [-0.05, 0) is 18.0 Å². The fourth-order valence-electron chi connectivity index (χ4n) is 1.36. The third-order valence-electron chi connectivity index (χ3n) is 2.17. The lowest BCUT2D eigenvalue weighted by Gasteiger charge is -2.02. The molecule has 74 valence electrons. The Morgan fingerprint density at radius 2 is 2.08 bits per heavy atom. The van der Waals surface area contributed by atoms with Crippen LogP contribution >= 0.6 is 11.6 Å². The monoisotopic (exact) mass is 200 g/mol. The van der Waals surface area contributed by atoms with Crippen LogP contribution in [-0.4, -0.2) is 9.55 Å². The number of halogens is 1. The second kappa shape index (κ2) is 6.03. The van der Waals surface area contributed by atoms with Gasteiger partial charge in [-0.25, -0.2) is 4.98 Å². The number of imidazole rings is 1. The van der Waals surface area contributed by atoms with E-state index in [1.165, 1.54) is 32.1 Å². The quantitative estimate of drug-likeness (QED) is 0.643. The second-order valence-corrected chi connectivity index (χ2v) is 3.64. The van der Waals surface area contributed by atoms with Gasteiger partial charge in [0.05, 0.1) is 0 Å². The van der Waals surface area contributed by atoms with Crippen LogP contribution in [0.2, 0.25) is 5.28 Å². The molecule has 2 nitrogen and oxygen atoms in total. The van der Waals surface area contributed by atoms with E-state index in [2.05, 4.69) is 11.9 Å². The van der Waals surface area contributed by atoms with Crippen LogP contribution in [0.1, 0.15) is 39.0 Å². The number of aromatic nitrogens is 2. The molecule has 0 amide bonds. The van der Waals surface area contributed by atoms with Crippen molar-refractivity contribution in [1.29, 1.82) is 0 Å². The summed E-state index contributed by atoms with van der Waals surface area (Å²) in [5.74, 6) is 0. The molecule has 0 aromatic carbocycles. The van der Waals surface area contributed by atoms with Crippen molar-refractivity contribution >= 4 is 11.6 Å². The van der Waals surface area contributed by atoms with Crippen molar-refractivity contribution in [2.24, 2.45) is 0 Å². The van der Waals surface area contributed by atoms with E-state index in [1.807, 2.05) is 10.8 Å². The Bertz CT molecular complexity index is 233. The van der Waals surface area contributed by atoms with E-state index in [1.54, 1.807) is 6.20 Å². The van der Waals surface area contributed by atoms with Crippen molar-refractivity contribution in [2.45, 2.75) is 45.6 Å². The molecule has 0 aliphatic carbocycles. The molecule has 3 heteroatoms. The van der Waals surface area contributed by atoms with E-state index in [9.17, 15) is 0 Å². The minimum absolute atomic E-state index is 0.607. The summed E-state index contributed by atoms with van der Waals surface area (Å²) in [6.45, 7) is 3.23. The summed E-state index contributed by atoms with van der Waals surface area (Å²) < 4.78 is 1.99. The summed E-state index contributed by atoms with van der Waals surface area (Å²) in [4.78, 5) is 3.96. The molecular formula is C10H17ClN2. The highest BCUT2D eigenvalue weighted by Crippen LogP contribution is 2.08. The summed E-state index contributed by atoms with van der Waals surface area (Å²) in [6.07, 6.45) is 10.2. The molecule has 1 heterocycles. The van der Waals surface area contributed by atoms with Gasteiger partial charge in [-0.2, -0.15) is 0 Å². The first-order valence-corrected chi connectivity index (χ1v) is 5.39. The zero-order valence-corrected chi connectivity index (χ0v) is 8.93. The minimum atomic E-state index is 0.607. The lowest BCUT2D eigenvalue weighted by Crippen LogP contribution is -1.96. The van der Waals surface area contributed by atoms with E-state index in [-0.39, 0.29) is 0 Å². The Morgan fingerprint density at radius 1 is 1.31 bits per heavy atom. The molecule has 0 aliphatic rings. The van der Waals surface area contributed by atoms with Crippen LogP contribution in [0.15, 0.2) is 12.4 Å². The van der Waals surface area contributed by atoms with Crippen LogP contribution in [0.4, 0.5) is 0 Å². The van der Waals surface area contributed by atoms with Crippen molar-refractivity contribution < 1.29 is 0 Å². The molecule has 0 saturated heterocycles. The van der Waals surface area contributed by atoms with Crippen molar-refractivity contribution in [3.05, 3.63) is 17.7 Å². The number of hydrogen-bond acceptors (Lipinski definition) is 1. The van der Waals surface area contributed by atoms with Gasteiger partial charge in [-0.3, -0.25) is 0 Å². The fourth-order valence-corrected chi connectivity index (χ4v) is 1.56. The summed E-state index contributed by atoms with van der Waals surface area (Å²) in [7, 11) is 0. The topological polar surface area (TPSA) is 17.8 Å². The van der Waals surface area contributed by atoms with E-state index < -0.39 is 0 Å².